The second-order valence-electron chi connectivity index (χ2n) is 7.18. The van der Waals surface area contributed by atoms with Crippen LogP contribution in [0.25, 0.3) is 55.8 Å². The number of H-pyrrole nitrogens is 1. The summed E-state index contributed by atoms with van der Waals surface area (Å²) >= 11 is 0. The van der Waals surface area contributed by atoms with Crippen molar-refractivity contribution in [1.82, 2.24) is 34.9 Å². The minimum atomic E-state index is 0.639. The van der Waals surface area contributed by atoms with E-state index in [0.717, 1.165) is 49.9 Å². The van der Waals surface area contributed by atoms with Crippen LogP contribution in [0.3, 0.4) is 0 Å². The maximum absolute atomic E-state index is 5.23. The van der Waals surface area contributed by atoms with E-state index in [1.54, 1.807) is 37.3 Å². The van der Waals surface area contributed by atoms with Gasteiger partial charge in [-0.25, -0.2) is 15.0 Å². The van der Waals surface area contributed by atoms with E-state index < -0.39 is 0 Å². The third kappa shape index (κ3) is 2.84. The van der Waals surface area contributed by atoms with Gasteiger partial charge in [-0.3, -0.25) is 15.0 Å². The van der Waals surface area contributed by atoms with Crippen LogP contribution in [-0.4, -0.2) is 34.9 Å². The van der Waals surface area contributed by atoms with Crippen LogP contribution >= 0.6 is 0 Å². The van der Waals surface area contributed by atoms with Crippen molar-refractivity contribution in [3.63, 3.8) is 0 Å². The minimum Gasteiger partial charge on any atom is -0.472 e. The number of rotatable bonds is 3. The Morgan fingerprint density at radius 3 is 2.74 bits per heavy atom. The number of hydrogen-bond acceptors (Lipinski definition) is 7. The number of aryl methyl sites for hydroxylation is 1. The van der Waals surface area contributed by atoms with Gasteiger partial charge in [0.25, 0.3) is 0 Å². The Balaban J connectivity index is 1.56. The first kappa shape index (κ1) is 17.4. The molecule has 8 heteroatoms. The molecule has 1 N–H and O–H groups in total. The fraction of sp³-hybridized carbons (Fsp3) is 0.0435. The first-order valence-corrected chi connectivity index (χ1v) is 9.66. The molecule has 6 aromatic rings. The smallest absolute Gasteiger partial charge is 0.158 e. The highest BCUT2D eigenvalue weighted by atomic mass is 16.3. The van der Waals surface area contributed by atoms with Gasteiger partial charge in [-0.15, -0.1) is 0 Å². The van der Waals surface area contributed by atoms with Crippen molar-refractivity contribution >= 4 is 21.9 Å². The molecular formula is C23H15N7O. The lowest BCUT2D eigenvalue weighted by Crippen LogP contribution is -1.94. The topological polar surface area (TPSA) is 106 Å². The molecule has 0 unspecified atom stereocenters. The van der Waals surface area contributed by atoms with Gasteiger partial charge >= 0.3 is 0 Å². The lowest BCUT2D eigenvalue weighted by molar-refractivity contribution is 0.568. The Bertz CT molecular complexity index is 1550. The van der Waals surface area contributed by atoms with Crippen molar-refractivity contribution in [2.24, 2.45) is 0 Å². The van der Waals surface area contributed by atoms with Gasteiger partial charge in [-0.05, 0) is 30.7 Å². The van der Waals surface area contributed by atoms with Crippen LogP contribution in [0, 0.1) is 6.92 Å². The van der Waals surface area contributed by atoms with E-state index in [-0.39, 0.29) is 0 Å². The second kappa shape index (κ2) is 6.81. The zero-order valence-corrected chi connectivity index (χ0v) is 16.4. The Hall–Kier alpha value is -4.46. The molecule has 148 valence electrons. The molecule has 0 saturated heterocycles. The molecule has 0 aliphatic heterocycles. The van der Waals surface area contributed by atoms with E-state index in [1.807, 2.05) is 31.3 Å². The van der Waals surface area contributed by atoms with Crippen molar-refractivity contribution < 1.29 is 4.42 Å². The Labute approximate surface area is 176 Å². The number of aromatic amines is 1. The summed E-state index contributed by atoms with van der Waals surface area (Å²) in [5.74, 6) is 0.639. The summed E-state index contributed by atoms with van der Waals surface area (Å²) in [5, 5.41) is 0.854. The van der Waals surface area contributed by atoms with Gasteiger partial charge in [0, 0.05) is 40.7 Å². The fourth-order valence-electron chi connectivity index (χ4n) is 3.70. The van der Waals surface area contributed by atoms with Crippen molar-refractivity contribution in [2.45, 2.75) is 6.92 Å². The molecule has 0 aromatic carbocycles. The SMILES string of the molecule is Cc1ccncc1-c1cc2c(-c3nc4c(-c5ccoc5)cncc4[nH]3)ncnc2cn1. The van der Waals surface area contributed by atoms with E-state index in [1.165, 1.54) is 6.33 Å². The summed E-state index contributed by atoms with van der Waals surface area (Å²) in [7, 11) is 0. The third-order valence-corrected chi connectivity index (χ3v) is 5.29. The number of nitrogens with one attached hydrogen (secondary N) is 1. The summed E-state index contributed by atoms with van der Waals surface area (Å²) in [6, 6.07) is 5.84. The third-order valence-electron chi connectivity index (χ3n) is 5.29. The molecule has 0 fully saturated rings. The molecule has 8 nitrogen and oxygen atoms in total. The second-order valence-corrected chi connectivity index (χ2v) is 7.18. The Morgan fingerprint density at radius 2 is 1.87 bits per heavy atom. The fourth-order valence-corrected chi connectivity index (χ4v) is 3.70. The molecule has 6 heterocycles. The van der Waals surface area contributed by atoms with E-state index in [2.05, 4.69) is 29.9 Å². The minimum absolute atomic E-state index is 0.639. The van der Waals surface area contributed by atoms with Crippen LogP contribution in [0.15, 0.2) is 72.5 Å². The van der Waals surface area contributed by atoms with Gasteiger partial charge < -0.3 is 9.40 Å². The van der Waals surface area contributed by atoms with Crippen LogP contribution in [0.1, 0.15) is 5.56 Å². The van der Waals surface area contributed by atoms with Crippen LogP contribution in [-0.2, 0) is 0 Å². The van der Waals surface area contributed by atoms with Gasteiger partial charge in [0.15, 0.2) is 5.82 Å². The molecule has 0 bridgehead atoms. The molecule has 0 radical (unpaired) electrons. The maximum atomic E-state index is 5.23. The van der Waals surface area contributed by atoms with Crippen molar-refractivity contribution in [2.75, 3.05) is 0 Å². The number of imidazole rings is 1. The van der Waals surface area contributed by atoms with Crippen LogP contribution in [0.2, 0.25) is 0 Å². The average molecular weight is 405 g/mol. The molecule has 31 heavy (non-hydrogen) atoms. The largest absolute Gasteiger partial charge is 0.472 e. The summed E-state index contributed by atoms with van der Waals surface area (Å²) in [5.41, 5.74) is 7.74. The summed E-state index contributed by atoms with van der Waals surface area (Å²) in [6.07, 6.45) is 13.7. The van der Waals surface area contributed by atoms with E-state index in [9.17, 15) is 0 Å². The van der Waals surface area contributed by atoms with Crippen molar-refractivity contribution in [3.8, 4) is 33.9 Å². The molecule has 6 aromatic heterocycles. The number of aromatic nitrogens is 7. The highest BCUT2D eigenvalue weighted by Gasteiger charge is 2.16. The molecule has 0 spiro atoms. The first-order chi connectivity index (χ1) is 15.3. The number of pyridine rings is 3. The number of fused-ring (bicyclic) bond motifs is 2. The quantitative estimate of drug-likeness (QED) is 0.459. The Morgan fingerprint density at radius 1 is 0.935 bits per heavy atom. The molecule has 0 aliphatic rings. The maximum Gasteiger partial charge on any atom is 0.158 e. The number of nitrogens with zero attached hydrogens (tertiary/aromatic N) is 6. The summed E-state index contributed by atoms with van der Waals surface area (Å²) in [6.45, 7) is 2.04. The van der Waals surface area contributed by atoms with E-state index >= 15 is 0 Å². The van der Waals surface area contributed by atoms with Gasteiger partial charge in [0.2, 0.25) is 0 Å². The Kier molecular flexibility index (Phi) is 3.82. The van der Waals surface area contributed by atoms with Crippen molar-refractivity contribution in [1.29, 1.82) is 0 Å². The molecule has 0 atom stereocenters. The van der Waals surface area contributed by atoms with Gasteiger partial charge in [-0.2, -0.15) is 0 Å². The zero-order valence-electron chi connectivity index (χ0n) is 16.4. The van der Waals surface area contributed by atoms with Gasteiger partial charge in [-0.1, -0.05) is 0 Å². The summed E-state index contributed by atoms with van der Waals surface area (Å²) in [4.78, 5) is 30.3. The van der Waals surface area contributed by atoms with Gasteiger partial charge in [0.1, 0.15) is 17.5 Å². The highest BCUT2D eigenvalue weighted by molar-refractivity contribution is 5.96. The van der Waals surface area contributed by atoms with Crippen LogP contribution in [0.5, 0.6) is 0 Å². The van der Waals surface area contributed by atoms with E-state index in [0.29, 0.717) is 11.5 Å². The molecular weight excluding hydrogens is 390 g/mol. The molecule has 0 aliphatic carbocycles. The predicted octanol–water partition coefficient (Wildman–Crippen LogP) is 4.59. The molecule has 0 amide bonds. The lowest BCUT2D eigenvalue weighted by Gasteiger charge is -2.07. The first-order valence-electron chi connectivity index (χ1n) is 9.66. The van der Waals surface area contributed by atoms with Crippen LogP contribution < -0.4 is 0 Å². The van der Waals surface area contributed by atoms with E-state index in [4.69, 9.17) is 9.40 Å². The lowest BCUT2D eigenvalue weighted by atomic mass is 10.1. The van der Waals surface area contributed by atoms with Crippen LogP contribution in [0.4, 0.5) is 0 Å². The molecule has 6 rings (SSSR count). The number of hydrogen-bond donors (Lipinski definition) is 1. The molecule has 0 saturated carbocycles. The highest BCUT2D eigenvalue weighted by Crippen LogP contribution is 2.32. The normalized spacial score (nSPS) is 11.4. The predicted molar refractivity (Wildman–Crippen MR) is 116 cm³/mol. The monoisotopic (exact) mass is 405 g/mol. The average Bonchev–Trinajstić information content (AvgIpc) is 3.48. The standard InChI is InChI=1S/C23H15N7O/c1-13-2-4-24-7-16(13)18-6-15-19(10-26-18)27-12-28-22(15)23-29-20-9-25-8-17(21(20)30-23)14-3-5-31-11-14/h2-12H,1H3,(H,29,30). The van der Waals surface area contributed by atoms with Gasteiger partial charge in [0.05, 0.1) is 41.6 Å². The number of furan rings is 1. The zero-order chi connectivity index (χ0) is 20.8. The summed E-state index contributed by atoms with van der Waals surface area (Å²) < 4.78 is 5.23. The van der Waals surface area contributed by atoms with Crippen molar-refractivity contribution in [3.05, 3.63) is 73.6 Å².